The molecule has 1 aliphatic heterocycles. The third kappa shape index (κ3) is 3.09. The molecule has 0 spiro atoms. The van der Waals surface area contributed by atoms with Crippen LogP contribution in [-0.2, 0) is 7.05 Å². The molecule has 1 N–H and O–H groups in total. The first-order valence-electron chi connectivity index (χ1n) is 8.22. The van der Waals surface area contributed by atoms with Crippen LogP contribution in [0.5, 0.6) is 0 Å². The van der Waals surface area contributed by atoms with Gasteiger partial charge in [-0.05, 0) is 38.7 Å². The Kier molecular flexibility index (Phi) is 4.62. The predicted octanol–water partition coefficient (Wildman–Crippen LogP) is 3.62. The maximum atomic E-state index is 4.91. The van der Waals surface area contributed by atoms with Gasteiger partial charge in [0.05, 0.1) is 11.8 Å². The van der Waals surface area contributed by atoms with E-state index in [0.29, 0.717) is 12.0 Å². The molecule has 0 amide bonds. The number of hydrogen-bond acceptors (Lipinski definition) is 3. The van der Waals surface area contributed by atoms with Crippen LogP contribution in [-0.4, -0.2) is 27.2 Å². The van der Waals surface area contributed by atoms with E-state index in [9.17, 15) is 0 Å². The average molecular weight is 318 g/mol. The van der Waals surface area contributed by atoms with Gasteiger partial charge in [-0.15, -0.1) is 0 Å². The van der Waals surface area contributed by atoms with Crippen LogP contribution in [0.3, 0.4) is 0 Å². The lowest BCUT2D eigenvalue weighted by atomic mass is 9.86. The van der Waals surface area contributed by atoms with E-state index in [1.807, 2.05) is 0 Å². The summed E-state index contributed by atoms with van der Waals surface area (Å²) in [6, 6.07) is 2.70. The first-order valence-corrected chi connectivity index (χ1v) is 9.21. The Morgan fingerprint density at radius 2 is 2.09 bits per heavy atom. The molecular formula is C17H26N4S. The second-order valence-electron chi connectivity index (χ2n) is 6.57. The highest BCUT2D eigenvalue weighted by molar-refractivity contribution is 8.14. The van der Waals surface area contributed by atoms with E-state index in [-0.39, 0.29) is 0 Å². The van der Waals surface area contributed by atoms with E-state index in [1.165, 1.54) is 42.6 Å². The number of hydrogen-bond donors (Lipinski definition) is 1. The SMILES string of the molecule is Cc1cc(C2=NNC(=N[C@@H]3CCCC[C@@H]3C)SC2)c(C)n1C. The van der Waals surface area contributed by atoms with Gasteiger partial charge in [-0.1, -0.05) is 31.5 Å². The number of amidine groups is 1. The fourth-order valence-electron chi connectivity index (χ4n) is 3.31. The minimum atomic E-state index is 0.473. The van der Waals surface area contributed by atoms with Crippen molar-refractivity contribution in [1.82, 2.24) is 9.99 Å². The van der Waals surface area contributed by atoms with E-state index in [4.69, 9.17) is 4.99 Å². The average Bonchev–Trinajstić information content (AvgIpc) is 2.78. The number of aliphatic imine (C=N–C) groups is 1. The zero-order chi connectivity index (χ0) is 15.7. The third-order valence-corrected chi connectivity index (χ3v) is 5.96. The Bertz CT molecular complexity index is 614. The highest BCUT2D eigenvalue weighted by Crippen LogP contribution is 2.27. The lowest BCUT2D eigenvalue weighted by molar-refractivity contribution is 0.333. The van der Waals surface area contributed by atoms with Crippen molar-refractivity contribution in [3.8, 4) is 0 Å². The monoisotopic (exact) mass is 318 g/mol. The molecule has 5 heteroatoms. The van der Waals surface area contributed by atoms with Crippen LogP contribution in [0.25, 0.3) is 0 Å². The quantitative estimate of drug-likeness (QED) is 0.905. The molecule has 2 aliphatic rings. The van der Waals surface area contributed by atoms with Crippen molar-refractivity contribution in [3.05, 3.63) is 23.0 Å². The van der Waals surface area contributed by atoms with Crippen molar-refractivity contribution in [2.24, 2.45) is 23.1 Å². The number of hydrazone groups is 1. The Balaban J connectivity index is 1.72. The fourth-order valence-corrected chi connectivity index (χ4v) is 4.12. The summed E-state index contributed by atoms with van der Waals surface area (Å²) in [7, 11) is 2.11. The highest BCUT2D eigenvalue weighted by atomic mass is 32.2. The van der Waals surface area contributed by atoms with Gasteiger partial charge in [0, 0.05) is 29.8 Å². The molecule has 0 radical (unpaired) electrons. The van der Waals surface area contributed by atoms with Gasteiger partial charge in [0.15, 0.2) is 5.17 Å². The number of nitrogens with one attached hydrogen (secondary N) is 1. The summed E-state index contributed by atoms with van der Waals surface area (Å²) in [6.45, 7) is 6.62. The zero-order valence-electron chi connectivity index (χ0n) is 14.0. The summed E-state index contributed by atoms with van der Waals surface area (Å²) in [4.78, 5) is 4.91. The number of nitrogens with zero attached hydrogens (tertiary/aromatic N) is 3. The molecule has 4 nitrogen and oxygen atoms in total. The van der Waals surface area contributed by atoms with Crippen molar-refractivity contribution in [1.29, 1.82) is 0 Å². The van der Waals surface area contributed by atoms with Gasteiger partial charge in [-0.3, -0.25) is 10.4 Å². The standard InChI is InChI=1S/C17H26N4S/c1-11-7-5-6-8-15(11)18-17-20-19-16(10-22-17)14-9-12(2)21(4)13(14)3/h9,11,15H,5-8,10H2,1-4H3,(H,18,20)/t11-,15+/m0/s1. The normalized spacial score (nSPS) is 27.6. The van der Waals surface area contributed by atoms with Crippen molar-refractivity contribution >= 4 is 22.6 Å². The van der Waals surface area contributed by atoms with E-state index >= 15 is 0 Å². The molecule has 2 atom stereocenters. The van der Waals surface area contributed by atoms with Gasteiger partial charge in [-0.2, -0.15) is 5.10 Å². The molecule has 0 saturated heterocycles. The van der Waals surface area contributed by atoms with Crippen LogP contribution in [0.2, 0.25) is 0 Å². The van der Waals surface area contributed by atoms with Gasteiger partial charge in [0.25, 0.3) is 0 Å². The molecule has 1 aromatic heterocycles. The second-order valence-corrected chi connectivity index (χ2v) is 7.53. The summed E-state index contributed by atoms with van der Waals surface area (Å²) in [5.41, 5.74) is 8.12. The predicted molar refractivity (Wildman–Crippen MR) is 95.9 cm³/mol. The van der Waals surface area contributed by atoms with E-state index in [1.54, 1.807) is 11.8 Å². The summed E-state index contributed by atoms with van der Waals surface area (Å²) < 4.78 is 2.22. The number of thioether (sulfide) groups is 1. The molecule has 1 saturated carbocycles. The first kappa shape index (κ1) is 15.7. The molecule has 3 rings (SSSR count). The summed E-state index contributed by atoms with van der Waals surface area (Å²) in [5, 5.41) is 5.58. The lowest BCUT2D eigenvalue weighted by Gasteiger charge is -2.26. The van der Waals surface area contributed by atoms with E-state index in [0.717, 1.165) is 16.6 Å². The minimum Gasteiger partial charge on any atom is -0.351 e. The molecule has 0 aromatic carbocycles. The lowest BCUT2D eigenvalue weighted by Crippen LogP contribution is -2.29. The van der Waals surface area contributed by atoms with Gasteiger partial charge in [0.1, 0.15) is 0 Å². The zero-order valence-corrected chi connectivity index (χ0v) is 14.8. The maximum Gasteiger partial charge on any atom is 0.177 e. The molecule has 1 aliphatic carbocycles. The molecule has 1 fully saturated rings. The summed E-state index contributed by atoms with van der Waals surface area (Å²) >= 11 is 1.78. The first-order chi connectivity index (χ1) is 10.6. The number of rotatable bonds is 2. The molecule has 0 bridgehead atoms. The second kappa shape index (κ2) is 6.49. The van der Waals surface area contributed by atoms with Crippen molar-refractivity contribution in [3.63, 3.8) is 0 Å². The minimum absolute atomic E-state index is 0.473. The maximum absolute atomic E-state index is 4.91. The Morgan fingerprint density at radius 1 is 1.32 bits per heavy atom. The molecule has 1 aromatic rings. The largest absolute Gasteiger partial charge is 0.351 e. The van der Waals surface area contributed by atoms with Crippen LogP contribution < -0.4 is 5.43 Å². The topological polar surface area (TPSA) is 41.7 Å². The molecule has 22 heavy (non-hydrogen) atoms. The smallest absolute Gasteiger partial charge is 0.177 e. The highest BCUT2D eigenvalue weighted by Gasteiger charge is 2.23. The van der Waals surface area contributed by atoms with Crippen LogP contribution >= 0.6 is 11.8 Å². The number of aryl methyl sites for hydroxylation is 1. The van der Waals surface area contributed by atoms with Crippen molar-refractivity contribution in [2.45, 2.75) is 52.5 Å². The summed E-state index contributed by atoms with van der Waals surface area (Å²) in [6.07, 6.45) is 5.20. The fraction of sp³-hybridized carbons (Fsp3) is 0.647. The molecule has 0 unspecified atom stereocenters. The van der Waals surface area contributed by atoms with Gasteiger partial charge in [0.2, 0.25) is 0 Å². The van der Waals surface area contributed by atoms with Crippen molar-refractivity contribution < 1.29 is 0 Å². The van der Waals surface area contributed by atoms with Crippen LogP contribution in [0.15, 0.2) is 16.2 Å². The third-order valence-electron chi connectivity index (χ3n) is 5.07. The Morgan fingerprint density at radius 3 is 2.68 bits per heavy atom. The van der Waals surface area contributed by atoms with Gasteiger partial charge >= 0.3 is 0 Å². The Labute approximate surface area is 137 Å². The number of aromatic nitrogens is 1. The Hall–Kier alpha value is -1.23. The van der Waals surface area contributed by atoms with Crippen LogP contribution in [0, 0.1) is 19.8 Å². The molecule has 2 heterocycles. The van der Waals surface area contributed by atoms with E-state index in [2.05, 4.69) is 49.0 Å². The van der Waals surface area contributed by atoms with Crippen molar-refractivity contribution in [2.75, 3.05) is 5.75 Å². The summed E-state index contributed by atoms with van der Waals surface area (Å²) in [5.74, 6) is 1.60. The van der Waals surface area contributed by atoms with Crippen LogP contribution in [0.4, 0.5) is 0 Å². The molecule has 120 valence electrons. The van der Waals surface area contributed by atoms with Gasteiger partial charge < -0.3 is 4.57 Å². The van der Waals surface area contributed by atoms with Gasteiger partial charge in [-0.25, -0.2) is 0 Å². The molecular weight excluding hydrogens is 292 g/mol. The van der Waals surface area contributed by atoms with Crippen LogP contribution in [0.1, 0.15) is 49.6 Å². The van der Waals surface area contributed by atoms with E-state index < -0.39 is 0 Å².